The van der Waals surface area contributed by atoms with Crippen molar-refractivity contribution in [2.24, 2.45) is 5.92 Å². The number of ketones is 1. The number of hydrogen-bond donors (Lipinski definition) is 1. The van der Waals surface area contributed by atoms with Crippen molar-refractivity contribution in [3.63, 3.8) is 0 Å². The molecule has 1 N–H and O–H groups in total. The van der Waals surface area contributed by atoms with E-state index in [2.05, 4.69) is 16.7 Å². The summed E-state index contributed by atoms with van der Waals surface area (Å²) in [6.07, 6.45) is 3.18. The van der Waals surface area contributed by atoms with Gasteiger partial charge in [0.25, 0.3) is 0 Å². The van der Waals surface area contributed by atoms with Crippen molar-refractivity contribution < 1.29 is 13.2 Å². The van der Waals surface area contributed by atoms with Crippen molar-refractivity contribution in [2.75, 3.05) is 30.6 Å². The van der Waals surface area contributed by atoms with E-state index in [1.165, 1.54) is 0 Å². The molecule has 0 aromatic heterocycles. The second-order valence-electron chi connectivity index (χ2n) is 6.30. The average Bonchev–Trinajstić information content (AvgIpc) is 2.53. The van der Waals surface area contributed by atoms with Gasteiger partial charge in [-0.3, -0.25) is 9.52 Å². The molecule has 128 valence electrons. The van der Waals surface area contributed by atoms with E-state index in [0.717, 1.165) is 32.4 Å². The van der Waals surface area contributed by atoms with Gasteiger partial charge in [-0.15, -0.1) is 0 Å². The topological polar surface area (TPSA) is 66.5 Å². The first-order chi connectivity index (χ1) is 10.9. The molecule has 0 spiro atoms. The molecule has 1 aromatic carbocycles. The number of piperidine rings is 1. The number of unbranched alkanes of at least 4 members (excludes halogenated alkanes) is 1. The van der Waals surface area contributed by atoms with E-state index >= 15 is 0 Å². The largest absolute Gasteiger partial charge is 0.306 e. The monoisotopic (exact) mass is 338 g/mol. The lowest BCUT2D eigenvalue weighted by atomic mass is 9.89. The summed E-state index contributed by atoms with van der Waals surface area (Å²) in [4.78, 5) is 14.8. The van der Waals surface area contributed by atoms with Crippen molar-refractivity contribution in [1.29, 1.82) is 0 Å². The van der Waals surface area contributed by atoms with Gasteiger partial charge in [-0.25, -0.2) is 8.42 Å². The van der Waals surface area contributed by atoms with Crippen molar-refractivity contribution in [3.05, 3.63) is 29.8 Å². The van der Waals surface area contributed by atoms with Crippen molar-refractivity contribution >= 4 is 21.5 Å². The summed E-state index contributed by atoms with van der Waals surface area (Å²) in [5, 5.41) is 0. The number of nitrogens with zero attached hydrogens (tertiary/aromatic N) is 1. The molecular weight excluding hydrogens is 312 g/mol. The third-order valence-corrected chi connectivity index (χ3v) is 5.65. The fraction of sp³-hybridized carbons (Fsp3) is 0.588. The third-order valence-electron chi connectivity index (χ3n) is 4.28. The Morgan fingerprint density at radius 1 is 1.30 bits per heavy atom. The molecule has 0 amide bonds. The number of benzene rings is 1. The summed E-state index contributed by atoms with van der Waals surface area (Å²) in [6, 6.07) is 6.85. The van der Waals surface area contributed by atoms with Gasteiger partial charge in [-0.05, 0) is 51.5 Å². The average molecular weight is 338 g/mol. The van der Waals surface area contributed by atoms with Crippen LogP contribution in [0.2, 0.25) is 0 Å². The number of rotatable bonds is 7. The second kappa shape index (κ2) is 7.93. The SMILES string of the molecule is CCCCS(=O)(=O)Nc1cccc(C(=O)C2CCN(C)CC2)c1. The van der Waals surface area contributed by atoms with Gasteiger partial charge in [0.2, 0.25) is 10.0 Å². The summed E-state index contributed by atoms with van der Waals surface area (Å²) in [7, 11) is -1.28. The molecule has 5 nitrogen and oxygen atoms in total. The lowest BCUT2D eigenvalue weighted by Gasteiger charge is -2.28. The smallest absolute Gasteiger partial charge is 0.232 e. The summed E-state index contributed by atoms with van der Waals surface area (Å²) in [5.41, 5.74) is 1.06. The molecule has 0 aliphatic carbocycles. The molecule has 0 unspecified atom stereocenters. The van der Waals surface area contributed by atoms with E-state index < -0.39 is 10.0 Å². The van der Waals surface area contributed by atoms with Gasteiger partial charge in [-0.2, -0.15) is 0 Å². The maximum atomic E-state index is 12.6. The Morgan fingerprint density at radius 3 is 2.65 bits per heavy atom. The highest BCUT2D eigenvalue weighted by Crippen LogP contribution is 2.23. The zero-order valence-corrected chi connectivity index (χ0v) is 14.7. The van der Waals surface area contributed by atoms with Gasteiger partial charge in [0, 0.05) is 17.2 Å². The molecule has 1 saturated heterocycles. The lowest BCUT2D eigenvalue weighted by molar-refractivity contribution is 0.0857. The molecule has 1 aliphatic rings. The molecule has 1 aromatic rings. The fourth-order valence-electron chi connectivity index (χ4n) is 2.81. The Balaban J connectivity index is 2.06. The minimum absolute atomic E-state index is 0.0400. The quantitative estimate of drug-likeness (QED) is 0.776. The van der Waals surface area contributed by atoms with Crippen LogP contribution in [0, 0.1) is 5.92 Å². The number of carbonyl (C=O) groups excluding carboxylic acids is 1. The highest BCUT2D eigenvalue weighted by atomic mass is 32.2. The molecule has 1 fully saturated rings. The zero-order chi connectivity index (χ0) is 16.9. The molecule has 0 radical (unpaired) electrons. The number of sulfonamides is 1. The van der Waals surface area contributed by atoms with Crippen LogP contribution in [0.5, 0.6) is 0 Å². The fourth-order valence-corrected chi connectivity index (χ4v) is 4.06. The minimum atomic E-state index is -3.34. The number of carbonyl (C=O) groups is 1. The van der Waals surface area contributed by atoms with Crippen LogP contribution in [0.25, 0.3) is 0 Å². The molecule has 23 heavy (non-hydrogen) atoms. The van der Waals surface area contributed by atoms with Crippen LogP contribution >= 0.6 is 0 Å². The Labute approximate surface area is 139 Å². The Hall–Kier alpha value is -1.40. The highest BCUT2D eigenvalue weighted by molar-refractivity contribution is 7.92. The predicted molar refractivity (Wildman–Crippen MR) is 93.3 cm³/mol. The first-order valence-electron chi connectivity index (χ1n) is 8.24. The third kappa shape index (κ3) is 5.32. The van der Waals surface area contributed by atoms with E-state index in [4.69, 9.17) is 0 Å². The van der Waals surface area contributed by atoms with E-state index in [9.17, 15) is 13.2 Å². The molecule has 2 rings (SSSR count). The van der Waals surface area contributed by atoms with Crippen LogP contribution in [0.3, 0.4) is 0 Å². The van der Waals surface area contributed by atoms with Gasteiger partial charge in [0.05, 0.1) is 5.75 Å². The van der Waals surface area contributed by atoms with E-state index in [1.54, 1.807) is 24.3 Å². The molecule has 0 atom stereocenters. The standard InChI is InChI=1S/C17H26N2O3S/c1-3-4-12-23(21,22)18-16-7-5-6-15(13-16)17(20)14-8-10-19(2)11-9-14/h5-7,13-14,18H,3-4,8-12H2,1-2H3. The highest BCUT2D eigenvalue weighted by Gasteiger charge is 2.24. The Morgan fingerprint density at radius 2 is 2.00 bits per heavy atom. The number of Topliss-reactive ketones (excluding diaryl/α,β-unsaturated/α-hetero) is 1. The first-order valence-corrected chi connectivity index (χ1v) is 9.90. The molecule has 0 bridgehead atoms. The molecule has 1 aliphatic heterocycles. The Bertz CT molecular complexity index is 635. The maximum absolute atomic E-state index is 12.6. The summed E-state index contributed by atoms with van der Waals surface area (Å²) >= 11 is 0. The van der Waals surface area contributed by atoms with Gasteiger partial charge in [0.1, 0.15) is 0 Å². The Kier molecular flexibility index (Phi) is 6.18. The first kappa shape index (κ1) is 17.9. The van der Waals surface area contributed by atoms with Crippen LogP contribution in [0.4, 0.5) is 5.69 Å². The lowest BCUT2D eigenvalue weighted by Crippen LogP contribution is -2.33. The molecule has 1 heterocycles. The summed E-state index contributed by atoms with van der Waals surface area (Å²) < 4.78 is 26.5. The summed E-state index contributed by atoms with van der Waals surface area (Å²) in [6.45, 7) is 3.82. The van der Waals surface area contributed by atoms with E-state index in [1.807, 2.05) is 6.92 Å². The van der Waals surface area contributed by atoms with Crippen molar-refractivity contribution in [2.45, 2.75) is 32.6 Å². The maximum Gasteiger partial charge on any atom is 0.232 e. The van der Waals surface area contributed by atoms with Gasteiger partial charge >= 0.3 is 0 Å². The van der Waals surface area contributed by atoms with Crippen molar-refractivity contribution in [3.8, 4) is 0 Å². The van der Waals surface area contributed by atoms with E-state index in [0.29, 0.717) is 17.7 Å². The minimum Gasteiger partial charge on any atom is -0.306 e. The van der Waals surface area contributed by atoms with E-state index in [-0.39, 0.29) is 17.5 Å². The molecule has 0 saturated carbocycles. The molecular formula is C17H26N2O3S. The number of anilines is 1. The summed E-state index contributed by atoms with van der Waals surface area (Å²) in [5.74, 6) is 0.266. The zero-order valence-electron chi connectivity index (χ0n) is 13.9. The van der Waals surface area contributed by atoms with Crippen LogP contribution < -0.4 is 4.72 Å². The van der Waals surface area contributed by atoms with Crippen LogP contribution in [-0.4, -0.2) is 45.0 Å². The number of hydrogen-bond acceptors (Lipinski definition) is 4. The molecule has 6 heteroatoms. The second-order valence-corrected chi connectivity index (χ2v) is 8.14. The van der Waals surface area contributed by atoms with Crippen LogP contribution in [0.1, 0.15) is 43.0 Å². The van der Waals surface area contributed by atoms with Gasteiger partial charge in [0.15, 0.2) is 5.78 Å². The van der Waals surface area contributed by atoms with Gasteiger partial charge in [-0.1, -0.05) is 25.5 Å². The van der Waals surface area contributed by atoms with Crippen LogP contribution in [-0.2, 0) is 10.0 Å². The van der Waals surface area contributed by atoms with Crippen LogP contribution in [0.15, 0.2) is 24.3 Å². The number of likely N-dealkylation sites (tertiary alicyclic amines) is 1. The normalized spacial score (nSPS) is 17.1. The van der Waals surface area contributed by atoms with Crippen molar-refractivity contribution in [1.82, 2.24) is 4.90 Å². The number of nitrogens with one attached hydrogen (secondary N) is 1. The predicted octanol–water partition coefficient (Wildman–Crippen LogP) is 2.75. The van der Waals surface area contributed by atoms with Gasteiger partial charge < -0.3 is 4.90 Å².